The van der Waals surface area contributed by atoms with E-state index < -0.39 is 0 Å². The Morgan fingerprint density at radius 3 is 2.08 bits per heavy atom. The summed E-state index contributed by atoms with van der Waals surface area (Å²) in [7, 11) is 1.45. The highest BCUT2D eigenvalue weighted by Gasteiger charge is 2.29. The lowest BCUT2D eigenvalue weighted by molar-refractivity contribution is 0.467. The van der Waals surface area contributed by atoms with Crippen LogP contribution >= 0.6 is 0 Å². The van der Waals surface area contributed by atoms with Gasteiger partial charge < -0.3 is 0 Å². The maximum atomic E-state index is 2.43. The van der Waals surface area contributed by atoms with E-state index >= 15 is 0 Å². The molecule has 0 radical (unpaired) electrons. The van der Waals surface area contributed by atoms with Crippen molar-refractivity contribution in [3.8, 4) is 0 Å². The fourth-order valence-corrected chi connectivity index (χ4v) is 2.19. The van der Waals surface area contributed by atoms with Gasteiger partial charge in [-0.15, -0.1) is 0 Å². The van der Waals surface area contributed by atoms with Crippen LogP contribution in [0.15, 0.2) is 0 Å². The van der Waals surface area contributed by atoms with Crippen molar-refractivity contribution in [1.82, 2.24) is 0 Å². The fraction of sp³-hybridized carbons (Fsp3) is 1.00. The first kappa shape index (κ1) is 10.1. The highest BCUT2D eigenvalue weighted by molar-refractivity contribution is 6.41. The first-order valence-electron chi connectivity index (χ1n) is 5.52. The van der Waals surface area contributed by atoms with Gasteiger partial charge in [0, 0.05) is 0 Å². The summed E-state index contributed by atoms with van der Waals surface area (Å²) in [5, 5.41) is 0.564. The average Bonchev–Trinajstić information content (AvgIpc) is 2.38. The van der Waals surface area contributed by atoms with Gasteiger partial charge in [-0.25, -0.2) is 0 Å². The minimum atomic E-state index is 0.564. The number of rotatable bonds is 3. The maximum Gasteiger partial charge on any atom is 0.131 e. The van der Waals surface area contributed by atoms with Gasteiger partial charge in [0.05, 0.1) is 0 Å². The summed E-state index contributed by atoms with van der Waals surface area (Å²) >= 11 is 0. The van der Waals surface area contributed by atoms with Crippen molar-refractivity contribution in [1.29, 1.82) is 0 Å². The molecule has 1 saturated carbocycles. The number of hydrogen-bond donors (Lipinski definition) is 0. The van der Waals surface area contributed by atoms with Crippen molar-refractivity contribution in [2.45, 2.75) is 64.5 Å². The minimum absolute atomic E-state index is 0.564. The zero-order chi connectivity index (χ0) is 9.19. The van der Waals surface area contributed by atoms with Crippen LogP contribution in [0.25, 0.3) is 0 Å². The molecule has 1 aliphatic rings. The molecule has 70 valence electrons. The molecule has 0 aromatic carbocycles. The quantitative estimate of drug-likeness (QED) is 0.561. The molecular weight excluding hydrogens is 143 g/mol. The van der Waals surface area contributed by atoms with Gasteiger partial charge in [0.25, 0.3) is 0 Å². The Morgan fingerprint density at radius 1 is 1.17 bits per heavy atom. The van der Waals surface area contributed by atoms with Crippen molar-refractivity contribution in [3.05, 3.63) is 0 Å². The van der Waals surface area contributed by atoms with Gasteiger partial charge in [0.15, 0.2) is 0 Å². The molecule has 0 heterocycles. The second-order valence-corrected chi connectivity index (χ2v) is 5.50. The molecule has 0 unspecified atom stereocenters. The molecule has 0 aromatic heterocycles. The van der Waals surface area contributed by atoms with E-state index in [0.717, 1.165) is 11.7 Å². The molecule has 0 N–H and O–H groups in total. The second kappa shape index (κ2) is 3.85. The van der Waals surface area contributed by atoms with Crippen molar-refractivity contribution >= 4 is 7.28 Å². The monoisotopic (exact) mass is 166 g/mol. The second-order valence-electron chi connectivity index (χ2n) is 5.50. The molecule has 0 aliphatic heterocycles. The Bertz CT molecular complexity index is 132. The lowest BCUT2D eigenvalue weighted by Crippen LogP contribution is -2.22. The molecular formula is C11H23B. The summed E-state index contributed by atoms with van der Waals surface area (Å²) in [6.07, 6.45) is 5.96. The SMILES string of the molecule is CC(C)C(C)(C)BC1CCCC1. The molecule has 0 saturated heterocycles. The molecule has 0 amide bonds. The third kappa shape index (κ3) is 2.53. The van der Waals surface area contributed by atoms with Gasteiger partial charge in [-0.3, -0.25) is 0 Å². The van der Waals surface area contributed by atoms with Gasteiger partial charge in [0.1, 0.15) is 7.28 Å². The van der Waals surface area contributed by atoms with E-state index in [4.69, 9.17) is 0 Å². The number of hydrogen-bond acceptors (Lipinski definition) is 0. The van der Waals surface area contributed by atoms with Crippen LogP contribution in [0.4, 0.5) is 0 Å². The smallest absolute Gasteiger partial charge is 0.0666 e. The summed E-state index contributed by atoms with van der Waals surface area (Å²) in [6, 6.07) is 0. The molecule has 0 nitrogen and oxygen atoms in total. The van der Waals surface area contributed by atoms with Gasteiger partial charge in [0.2, 0.25) is 0 Å². The minimum Gasteiger partial charge on any atom is -0.0666 e. The van der Waals surface area contributed by atoms with E-state index in [9.17, 15) is 0 Å². The van der Waals surface area contributed by atoms with Crippen LogP contribution in [0.1, 0.15) is 53.4 Å². The molecule has 12 heavy (non-hydrogen) atoms. The Kier molecular flexibility index (Phi) is 3.26. The Hall–Kier alpha value is 0.0649. The Balaban J connectivity index is 2.37. The highest BCUT2D eigenvalue weighted by Crippen LogP contribution is 2.41. The molecule has 1 heteroatoms. The average molecular weight is 166 g/mol. The van der Waals surface area contributed by atoms with Crippen LogP contribution < -0.4 is 0 Å². The van der Waals surface area contributed by atoms with Crippen LogP contribution in [-0.4, -0.2) is 7.28 Å². The van der Waals surface area contributed by atoms with Crippen molar-refractivity contribution in [3.63, 3.8) is 0 Å². The van der Waals surface area contributed by atoms with E-state index in [2.05, 4.69) is 27.7 Å². The van der Waals surface area contributed by atoms with Gasteiger partial charge in [-0.05, 0) is 5.92 Å². The lowest BCUT2D eigenvalue weighted by Gasteiger charge is -2.30. The summed E-state index contributed by atoms with van der Waals surface area (Å²) in [4.78, 5) is 0. The summed E-state index contributed by atoms with van der Waals surface area (Å²) < 4.78 is 0. The van der Waals surface area contributed by atoms with Gasteiger partial charge in [-0.2, -0.15) is 0 Å². The molecule has 0 atom stereocenters. The lowest BCUT2D eigenvalue weighted by atomic mass is 9.43. The maximum absolute atomic E-state index is 2.43. The molecule has 0 bridgehead atoms. The third-order valence-electron chi connectivity index (χ3n) is 3.85. The standard InChI is InChI=1S/C11H23B/c1-9(2)11(3,4)12-10-7-5-6-8-10/h9-10,12H,5-8H2,1-4H3. The topological polar surface area (TPSA) is 0 Å². The summed E-state index contributed by atoms with van der Waals surface area (Å²) in [5.74, 6) is 1.88. The first-order chi connectivity index (χ1) is 5.52. The zero-order valence-corrected chi connectivity index (χ0v) is 9.19. The summed E-state index contributed by atoms with van der Waals surface area (Å²) in [6.45, 7) is 9.57. The van der Waals surface area contributed by atoms with Gasteiger partial charge >= 0.3 is 0 Å². The van der Waals surface area contributed by atoms with E-state index in [1.165, 1.54) is 33.0 Å². The Labute approximate surface area is 78.4 Å². The highest BCUT2D eigenvalue weighted by atomic mass is 14.2. The molecule has 0 aromatic rings. The molecule has 0 spiro atoms. The predicted octanol–water partition coefficient (Wildman–Crippen LogP) is 3.64. The fourth-order valence-electron chi connectivity index (χ4n) is 2.19. The normalized spacial score (nSPS) is 20.4. The third-order valence-corrected chi connectivity index (χ3v) is 3.85. The van der Waals surface area contributed by atoms with Crippen LogP contribution in [-0.2, 0) is 0 Å². The summed E-state index contributed by atoms with van der Waals surface area (Å²) in [5.41, 5.74) is 0. The van der Waals surface area contributed by atoms with Gasteiger partial charge in [-0.1, -0.05) is 64.5 Å². The Morgan fingerprint density at radius 2 is 1.67 bits per heavy atom. The van der Waals surface area contributed by atoms with Crippen molar-refractivity contribution in [2.24, 2.45) is 5.92 Å². The van der Waals surface area contributed by atoms with Crippen LogP contribution in [0.5, 0.6) is 0 Å². The molecule has 1 rings (SSSR count). The van der Waals surface area contributed by atoms with E-state index in [0.29, 0.717) is 5.31 Å². The van der Waals surface area contributed by atoms with E-state index in [1.54, 1.807) is 0 Å². The predicted molar refractivity (Wildman–Crippen MR) is 58.2 cm³/mol. The molecule has 1 aliphatic carbocycles. The zero-order valence-electron chi connectivity index (χ0n) is 9.19. The first-order valence-corrected chi connectivity index (χ1v) is 5.52. The van der Waals surface area contributed by atoms with E-state index in [1.807, 2.05) is 0 Å². The largest absolute Gasteiger partial charge is 0.131 e. The van der Waals surface area contributed by atoms with Crippen molar-refractivity contribution in [2.75, 3.05) is 0 Å². The molecule has 1 fully saturated rings. The van der Waals surface area contributed by atoms with Crippen LogP contribution in [0.3, 0.4) is 0 Å². The van der Waals surface area contributed by atoms with Crippen molar-refractivity contribution < 1.29 is 0 Å². The van der Waals surface area contributed by atoms with Crippen LogP contribution in [0.2, 0.25) is 11.1 Å². The van der Waals surface area contributed by atoms with Crippen LogP contribution in [0, 0.1) is 5.92 Å². The van der Waals surface area contributed by atoms with E-state index in [-0.39, 0.29) is 0 Å².